The second-order valence-electron chi connectivity index (χ2n) is 6.10. The minimum absolute atomic E-state index is 0.293. The Balaban J connectivity index is 1.51. The monoisotopic (exact) mass is 340 g/mol. The predicted octanol–water partition coefficient (Wildman–Crippen LogP) is 2.46. The van der Waals surface area contributed by atoms with Gasteiger partial charge in [0, 0.05) is 18.2 Å². The Hall–Kier alpha value is -2.90. The van der Waals surface area contributed by atoms with E-state index in [1.165, 1.54) is 17.5 Å². The molecule has 1 aliphatic rings. The number of nitrogens with zero attached hydrogens (tertiary/aromatic N) is 5. The van der Waals surface area contributed by atoms with Crippen molar-refractivity contribution in [2.45, 2.75) is 38.3 Å². The number of aromatic nitrogens is 5. The molecule has 0 amide bonds. The van der Waals surface area contributed by atoms with Crippen molar-refractivity contribution in [2.75, 3.05) is 12.4 Å². The van der Waals surface area contributed by atoms with E-state index in [0.717, 1.165) is 29.9 Å². The van der Waals surface area contributed by atoms with Crippen LogP contribution in [0.4, 0.5) is 5.82 Å². The molecule has 1 aromatic carbocycles. The minimum atomic E-state index is 0.293. The van der Waals surface area contributed by atoms with Gasteiger partial charge in [0.15, 0.2) is 5.65 Å². The van der Waals surface area contributed by atoms with Crippen molar-refractivity contribution in [1.29, 1.82) is 0 Å². The lowest BCUT2D eigenvalue weighted by atomic mass is 10.1. The molecule has 0 bridgehead atoms. The second-order valence-corrected chi connectivity index (χ2v) is 6.10. The van der Waals surface area contributed by atoms with Crippen LogP contribution in [-0.2, 0) is 6.54 Å². The molecule has 1 saturated carbocycles. The highest BCUT2D eigenvalue weighted by molar-refractivity contribution is 5.46. The number of methoxy groups -OCH3 is 1. The largest absolute Gasteiger partial charge is 0.497 e. The van der Waals surface area contributed by atoms with Crippen LogP contribution in [0.3, 0.4) is 0 Å². The fourth-order valence-electron chi connectivity index (χ4n) is 3.03. The van der Waals surface area contributed by atoms with Gasteiger partial charge in [0.2, 0.25) is 0 Å². The fourth-order valence-corrected chi connectivity index (χ4v) is 3.03. The number of nitrogens with one attached hydrogen (secondary N) is 1. The zero-order chi connectivity index (χ0) is 17.1. The summed E-state index contributed by atoms with van der Waals surface area (Å²) in [6, 6.07) is 9.58. The first-order valence-corrected chi connectivity index (χ1v) is 8.45. The number of hydrogen-bond donors (Lipinski definition) is 1. The van der Waals surface area contributed by atoms with E-state index in [9.17, 15) is 0 Å². The summed E-state index contributed by atoms with van der Waals surface area (Å²) in [5, 5.41) is 18.9. The van der Waals surface area contributed by atoms with Gasteiger partial charge in [-0.15, -0.1) is 14.8 Å². The maximum absolute atomic E-state index is 6.22. The lowest BCUT2D eigenvalue weighted by molar-refractivity contribution is 0.207. The van der Waals surface area contributed by atoms with E-state index in [4.69, 9.17) is 9.47 Å². The van der Waals surface area contributed by atoms with Gasteiger partial charge >= 0.3 is 0 Å². The first-order valence-electron chi connectivity index (χ1n) is 8.45. The highest BCUT2D eigenvalue weighted by Gasteiger charge is 2.18. The van der Waals surface area contributed by atoms with E-state index in [2.05, 4.69) is 25.9 Å². The number of hydrogen-bond acceptors (Lipinski definition) is 7. The van der Waals surface area contributed by atoms with Crippen molar-refractivity contribution >= 4 is 11.5 Å². The van der Waals surface area contributed by atoms with Gasteiger partial charge in [0.1, 0.15) is 17.3 Å². The summed E-state index contributed by atoms with van der Waals surface area (Å²) in [5.74, 6) is 2.36. The molecule has 4 rings (SSSR count). The van der Waals surface area contributed by atoms with Crippen molar-refractivity contribution in [3.05, 3.63) is 35.9 Å². The summed E-state index contributed by atoms with van der Waals surface area (Å²) < 4.78 is 13.0. The summed E-state index contributed by atoms with van der Waals surface area (Å²) in [7, 11) is 1.66. The van der Waals surface area contributed by atoms with Gasteiger partial charge in [-0.25, -0.2) is 0 Å². The second kappa shape index (κ2) is 6.92. The van der Waals surface area contributed by atoms with Crippen LogP contribution in [0.15, 0.2) is 30.3 Å². The van der Waals surface area contributed by atoms with Crippen molar-refractivity contribution in [1.82, 2.24) is 25.3 Å². The van der Waals surface area contributed by atoms with Crippen LogP contribution in [0.5, 0.6) is 11.5 Å². The molecule has 2 aromatic heterocycles. The predicted molar refractivity (Wildman–Crippen MR) is 91.8 cm³/mol. The third-order valence-corrected chi connectivity index (χ3v) is 4.40. The lowest BCUT2D eigenvalue weighted by Gasteiger charge is -2.18. The maximum Gasteiger partial charge on any atom is 0.200 e. The topological polar surface area (TPSA) is 86.5 Å². The molecule has 0 atom stereocenters. The summed E-state index contributed by atoms with van der Waals surface area (Å²) in [5.41, 5.74) is 1.67. The number of ether oxygens (including phenoxy) is 2. The Labute approximate surface area is 145 Å². The maximum atomic E-state index is 6.22. The standard InChI is InChI=1S/C17H20N6O2/c1-24-14-7-6-12(15(10-14)25-13-4-2-3-5-13)11-18-16-8-9-17-19-21-22-23(17)20-16/h6-10,13H,2-5,11H2,1H3,(H,18,20). The van der Waals surface area contributed by atoms with Crippen LogP contribution in [-0.4, -0.2) is 38.5 Å². The van der Waals surface area contributed by atoms with Gasteiger partial charge in [-0.3, -0.25) is 0 Å². The zero-order valence-corrected chi connectivity index (χ0v) is 14.1. The van der Waals surface area contributed by atoms with E-state index >= 15 is 0 Å². The lowest BCUT2D eigenvalue weighted by Crippen LogP contribution is -2.13. The van der Waals surface area contributed by atoms with Crippen LogP contribution in [0.1, 0.15) is 31.2 Å². The molecule has 0 saturated heterocycles. The van der Waals surface area contributed by atoms with Gasteiger partial charge in [-0.2, -0.15) is 0 Å². The summed E-state index contributed by atoms with van der Waals surface area (Å²) >= 11 is 0. The van der Waals surface area contributed by atoms with E-state index in [0.29, 0.717) is 24.1 Å². The van der Waals surface area contributed by atoms with Gasteiger partial charge < -0.3 is 14.8 Å². The molecule has 1 N–H and O–H groups in total. The molecule has 2 heterocycles. The van der Waals surface area contributed by atoms with Crippen molar-refractivity contribution in [2.24, 2.45) is 0 Å². The molecule has 0 spiro atoms. The number of anilines is 1. The molecule has 1 fully saturated rings. The quantitative estimate of drug-likeness (QED) is 0.737. The number of rotatable bonds is 6. The van der Waals surface area contributed by atoms with Crippen molar-refractivity contribution < 1.29 is 9.47 Å². The Bertz CT molecular complexity index is 859. The van der Waals surface area contributed by atoms with E-state index in [1.807, 2.05) is 30.3 Å². The van der Waals surface area contributed by atoms with E-state index < -0.39 is 0 Å². The molecule has 0 radical (unpaired) electrons. The first-order chi connectivity index (χ1) is 12.3. The highest BCUT2D eigenvalue weighted by atomic mass is 16.5. The van der Waals surface area contributed by atoms with Gasteiger partial charge in [0.05, 0.1) is 13.2 Å². The summed E-state index contributed by atoms with van der Waals surface area (Å²) in [6.45, 7) is 0.590. The third-order valence-electron chi connectivity index (χ3n) is 4.40. The van der Waals surface area contributed by atoms with Crippen molar-refractivity contribution in [3.63, 3.8) is 0 Å². The number of tetrazole rings is 1. The molecule has 8 heteroatoms. The van der Waals surface area contributed by atoms with Crippen LogP contribution in [0.25, 0.3) is 5.65 Å². The molecule has 1 aliphatic carbocycles. The molecule has 8 nitrogen and oxygen atoms in total. The van der Waals surface area contributed by atoms with Gasteiger partial charge in [0.25, 0.3) is 0 Å². The van der Waals surface area contributed by atoms with Gasteiger partial charge in [-0.1, -0.05) is 0 Å². The third kappa shape index (κ3) is 3.47. The van der Waals surface area contributed by atoms with Crippen LogP contribution >= 0.6 is 0 Å². The molecular formula is C17H20N6O2. The SMILES string of the molecule is COc1ccc(CNc2ccc3nnnn3n2)c(OC2CCCC2)c1. The number of fused-ring (bicyclic) bond motifs is 1. The normalized spacial score (nSPS) is 14.8. The molecule has 25 heavy (non-hydrogen) atoms. The number of benzene rings is 1. The zero-order valence-electron chi connectivity index (χ0n) is 14.1. The Kier molecular flexibility index (Phi) is 4.32. The average molecular weight is 340 g/mol. The van der Waals surface area contributed by atoms with Crippen LogP contribution < -0.4 is 14.8 Å². The summed E-state index contributed by atoms with van der Waals surface area (Å²) in [4.78, 5) is 0. The first kappa shape index (κ1) is 15.6. The molecule has 0 aliphatic heterocycles. The summed E-state index contributed by atoms with van der Waals surface area (Å²) in [6.07, 6.45) is 4.99. The van der Waals surface area contributed by atoms with Crippen LogP contribution in [0.2, 0.25) is 0 Å². The fraction of sp³-hybridized carbons (Fsp3) is 0.412. The smallest absolute Gasteiger partial charge is 0.200 e. The average Bonchev–Trinajstić information content (AvgIpc) is 3.31. The highest BCUT2D eigenvalue weighted by Crippen LogP contribution is 2.30. The van der Waals surface area contributed by atoms with E-state index in [1.54, 1.807) is 7.11 Å². The van der Waals surface area contributed by atoms with E-state index in [-0.39, 0.29) is 0 Å². The molecule has 130 valence electrons. The molecule has 3 aromatic rings. The minimum Gasteiger partial charge on any atom is -0.497 e. The molecular weight excluding hydrogens is 320 g/mol. The van der Waals surface area contributed by atoms with Gasteiger partial charge in [-0.05, 0) is 60.4 Å². The van der Waals surface area contributed by atoms with Crippen molar-refractivity contribution in [3.8, 4) is 11.5 Å². The Morgan fingerprint density at radius 3 is 2.92 bits per heavy atom. The van der Waals surface area contributed by atoms with Crippen LogP contribution in [0, 0.1) is 0 Å². The Morgan fingerprint density at radius 2 is 2.08 bits per heavy atom. The Morgan fingerprint density at radius 1 is 1.20 bits per heavy atom. The molecule has 0 unspecified atom stereocenters.